The molecule has 0 aliphatic rings. The highest BCUT2D eigenvalue weighted by Gasteiger charge is 2.01. The van der Waals surface area contributed by atoms with E-state index in [4.69, 9.17) is 0 Å². The summed E-state index contributed by atoms with van der Waals surface area (Å²) >= 11 is 0. The summed E-state index contributed by atoms with van der Waals surface area (Å²) in [5.41, 5.74) is 4.19. The summed E-state index contributed by atoms with van der Waals surface area (Å²) in [6.45, 7) is 6.00. The molecule has 0 amide bonds. The van der Waals surface area contributed by atoms with Crippen LogP contribution in [0.15, 0.2) is 30.3 Å². The first-order valence-corrected chi connectivity index (χ1v) is 5.30. The lowest BCUT2D eigenvalue weighted by atomic mass is 10.2. The van der Waals surface area contributed by atoms with Crippen LogP contribution in [0.5, 0.6) is 0 Å². The van der Waals surface area contributed by atoms with Gasteiger partial charge in [0.1, 0.15) is 0 Å². The smallest absolute Gasteiger partial charge is 0.227 e. The number of hydrogen-bond acceptors (Lipinski definition) is 3. The Balaban J connectivity index is 2.30. The maximum atomic E-state index is 4.35. The van der Waals surface area contributed by atoms with Crippen LogP contribution in [-0.4, -0.2) is 9.97 Å². The number of para-hydroxylation sites is 1. The lowest BCUT2D eigenvalue weighted by molar-refractivity contribution is 1.06. The minimum Gasteiger partial charge on any atom is -0.324 e. The Morgan fingerprint density at radius 3 is 2.19 bits per heavy atom. The molecule has 0 saturated carbocycles. The largest absolute Gasteiger partial charge is 0.324 e. The van der Waals surface area contributed by atoms with Crippen LogP contribution >= 0.6 is 0 Å². The minimum atomic E-state index is 0.659. The van der Waals surface area contributed by atoms with Crippen LogP contribution in [0.1, 0.15) is 17.0 Å². The normalized spacial score (nSPS) is 10.2. The van der Waals surface area contributed by atoms with Crippen molar-refractivity contribution in [2.75, 3.05) is 5.32 Å². The van der Waals surface area contributed by atoms with Crippen LogP contribution in [0, 0.1) is 20.8 Å². The molecule has 1 heterocycles. The van der Waals surface area contributed by atoms with Gasteiger partial charge in [0.05, 0.1) is 0 Å². The predicted octanol–water partition coefficient (Wildman–Crippen LogP) is 3.15. The fraction of sp³-hybridized carbons (Fsp3) is 0.231. The van der Waals surface area contributed by atoms with Gasteiger partial charge in [-0.05, 0) is 38.5 Å². The number of aryl methyl sites for hydroxylation is 3. The van der Waals surface area contributed by atoms with Gasteiger partial charge >= 0.3 is 0 Å². The van der Waals surface area contributed by atoms with Crippen molar-refractivity contribution in [3.05, 3.63) is 47.3 Å². The monoisotopic (exact) mass is 213 g/mol. The average Bonchev–Trinajstić information content (AvgIpc) is 2.20. The average molecular weight is 213 g/mol. The highest BCUT2D eigenvalue weighted by atomic mass is 15.1. The quantitative estimate of drug-likeness (QED) is 0.832. The summed E-state index contributed by atoms with van der Waals surface area (Å²) in [6, 6.07) is 10.1. The number of benzene rings is 1. The molecule has 3 heteroatoms. The van der Waals surface area contributed by atoms with Crippen LogP contribution in [0.3, 0.4) is 0 Å². The van der Waals surface area contributed by atoms with Crippen molar-refractivity contribution < 1.29 is 0 Å². The third-order valence-electron chi connectivity index (χ3n) is 2.37. The molecule has 0 aliphatic heterocycles. The van der Waals surface area contributed by atoms with E-state index in [1.807, 2.05) is 38.1 Å². The Morgan fingerprint density at radius 2 is 1.56 bits per heavy atom. The van der Waals surface area contributed by atoms with E-state index < -0.39 is 0 Å². The van der Waals surface area contributed by atoms with E-state index in [1.54, 1.807) is 0 Å². The number of hydrogen-bond donors (Lipinski definition) is 1. The predicted molar refractivity (Wildman–Crippen MR) is 66.0 cm³/mol. The molecule has 1 N–H and O–H groups in total. The van der Waals surface area contributed by atoms with E-state index in [0.717, 1.165) is 17.1 Å². The molecule has 0 unspecified atom stereocenters. The second-order valence-electron chi connectivity index (χ2n) is 3.91. The Hall–Kier alpha value is -1.90. The third kappa shape index (κ3) is 2.37. The topological polar surface area (TPSA) is 37.8 Å². The van der Waals surface area contributed by atoms with E-state index in [-0.39, 0.29) is 0 Å². The summed E-state index contributed by atoms with van der Waals surface area (Å²) in [7, 11) is 0. The standard InChI is InChI=1S/C13H15N3/c1-9-6-4-5-7-12(9)16-13-14-10(2)8-11(3)15-13/h4-8H,1-3H3,(H,14,15,16). The van der Waals surface area contributed by atoms with Crippen molar-refractivity contribution in [2.45, 2.75) is 20.8 Å². The molecular weight excluding hydrogens is 198 g/mol. The lowest BCUT2D eigenvalue weighted by Crippen LogP contribution is -2.00. The maximum absolute atomic E-state index is 4.35. The molecule has 3 nitrogen and oxygen atoms in total. The maximum Gasteiger partial charge on any atom is 0.227 e. The Kier molecular flexibility index (Phi) is 2.86. The zero-order valence-corrected chi connectivity index (χ0v) is 9.78. The van der Waals surface area contributed by atoms with Gasteiger partial charge < -0.3 is 5.32 Å². The Bertz CT molecular complexity index is 486. The summed E-state index contributed by atoms with van der Waals surface area (Å²) < 4.78 is 0. The SMILES string of the molecule is Cc1cc(C)nc(Nc2ccccc2C)n1. The molecule has 0 saturated heterocycles. The Morgan fingerprint density at radius 1 is 0.938 bits per heavy atom. The van der Waals surface area contributed by atoms with Gasteiger partial charge in [-0.2, -0.15) is 0 Å². The van der Waals surface area contributed by atoms with Crippen LogP contribution in [0.4, 0.5) is 11.6 Å². The fourth-order valence-electron chi connectivity index (χ4n) is 1.62. The zero-order chi connectivity index (χ0) is 11.5. The van der Waals surface area contributed by atoms with Crippen molar-refractivity contribution in [3.8, 4) is 0 Å². The summed E-state index contributed by atoms with van der Waals surface area (Å²) in [5.74, 6) is 0.659. The highest BCUT2D eigenvalue weighted by Crippen LogP contribution is 2.17. The van der Waals surface area contributed by atoms with Gasteiger partial charge in [-0.1, -0.05) is 18.2 Å². The van der Waals surface area contributed by atoms with Crippen LogP contribution < -0.4 is 5.32 Å². The van der Waals surface area contributed by atoms with Gasteiger partial charge in [0.25, 0.3) is 0 Å². The van der Waals surface area contributed by atoms with Crippen LogP contribution in [0.2, 0.25) is 0 Å². The van der Waals surface area contributed by atoms with Crippen molar-refractivity contribution >= 4 is 11.6 Å². The number of aromatic nitrogens is 2. The molecule has 0 radical (unpaired) electrons. The van der Waals surface area contributed by atoms with Gasteiger partial charge in [-0.25, -0.2) is 9.97 Å². The highest BCUT2D eigenvalue weighted by molar-refractivity contribution is 5.57. The molecule has 1 aromatic carbocycles. The van der Waals surface area contributed by atoms with Crippen LogP contribution in [-0.2, 0) is 0 Å². The van der Waals surface area contributed by atoms with Crippen molar-refractivity contribution in [2.24, 2.45) is 0 Å². The van der Waals surface area contributed by atoms with Crippen molar-refractivity contribution in [1.29, 1.82) is 0 Å². The first-order chi connectivity index (χ1) is 7.65. The summed E-state index contributed by atoms with van der Waals surface area (Å²) in [5, 5.41) is 3.23. The molecule has 1 aromatic heterocycles. The van der Waals surface area contributed by atoms with Gasteiger partial charge in [-0.3, -0.25) is 0 Å². The molecule has 0 atom stereocenters. The second-order valence-corrected chi connectivity index (χ2v) is 3.91. The van der Waals surface area contributed by atoms with Gasteiger partial charge in [0.15, 0.2) is 0 Å². The molecule has 0 bridgehead atoms. The number of nitrogens with one attached hydrogen (secondary N) is 1. The van der Waals surface area contributed by atoms with Gasteiger partial charge in [0.2, 0.25) is 5.95 Å². The first kappa shape index (κ1) is 10.6. The zero-order valence-electron chi connectivity index (χ0n) is 9.78. The summed E-state index contributed by atoms with van der Waals surface area (Å²) in [6.07, 6.45) is 0. The second kappa shape index (κ2) is 4.31. The lowest BCUT2D eigenvalue weighted by Gasteiger charge is -2.08. The van der Waals surface area contributed by atoms with E-state index in [9.17, 15) is 0 Å². The minimum absolute atomic E-state index is 0.659. The van der Waals surface area contributed by atoms with Gasteiger partial charge in [0, 0.05) is 17.1 Å². The molecule has 82 valence electrons. The summed E-state index contributed by atoms with van der Waals surface area (Å²) in [4.78, 5) is 8.70. The molecule has 16 heavy (non-hydrogen) atoms. The van der Waals surface area contributed by atoms with Crippen molar-refractivity contribution in [3.63, 3.8) is 0 Å². The van der Waals surface area contributed by atoms with Crippen molar-refractivity contribution in [1.82, 2.24) is 9.97 Å². The molecule has 0 aliphatic carbocycles. The number of anilines is 2. The van der Waals surface area contributed by atoms with Crippen LogP contribution in [0.25, 0.3) is 0 Å². The molecule has 2 aromatic rings. The van der Waals surface area contributed by atoms with E-state index in [1.165, 1.54) is 5.56 Å². The molecule has 0 spiro atoms. The van der Waals surface area contributed by atoms with Gasteiger partial charge in [-0.15, -0.1) is 0 Å². The first-order valence-electron chi connectivity index (χ1n) is 5.30. The third-order valence-corrected chi connectivity index (χ3v) is 2.37. The molecule has 2 rings (SSSR count). The molecule has 0 fully saturated rings. The number of rotatable bonds is 2. The fourth-order valence-corrected chi connectivity index (χ4v) is 1.62. The van der Waals surface area contributed by atoms with E-state index >= 15 is 0 Å². The molecular formula is C13H15N3. The van der Waals surface area contributed by atoms with E-state index in [2.05, 4.69) is 28.3 Å². The number of nitrogens with zero attached hydrogens (tertiary/aromatic N) is 2. The van der Waals surface area contributed by atoms with E-state index in [0.29, 0.717) is 5.95 Å². The Labute approximate surface area is 95.6 Å².